The van der Waals surface area contributed by atoms with Crippen LogP contribution in [0.5, 0.6) is 11.5 Å². The maximum atomic E-state index is 12.1. The molecule has 0 spiro atoms. The fourth-order valence-electron chi connectivity index (χ4n) is 2.36. The molecule has 28 heavy (non-hydrogen) atoms. The number of methoxy groups -OCH3 is 1. The molecule has 1 amide bonds. The number of hydrogen-bond acceptors (Lipinski definition) is 5. The lowest BCUT2D eigenvalue weighted by Gasteiger charge is -2.16. The number of esters is 1. The molecule has 148 valence electrons. The predicted octanol–water partition coefficient (Wildman–Crippen LogP) is 3.70. The zero-order chi connectivity index (χ0) is 20.4. The van der Waals surface area contributed by atoms with Gasteiger partial charge in [0.25, 0.3) is 5.91 Å². The Hall–Kier alpha value is -3.28. The standard InChI is InChI=1S/C22H25NO5/c1-4-14-27-19-12-10-17(15-20(19)26-3)11-13-22(25)28-16-21(24)23(2)18-8-6-5-7-9-18/h5-13,15H,4,14,16H2,1-3H3/b13-11+. The van der Waals surface area contributed by atoms with E-state index in [1.54, 1.807) is 44.5 Å². The molecule has 0 N–H and O–H groups in total. The number of hydrogen-bond donors (Lipinski definition) is 0. The number of nitrogens with zero attached hydrogens (tertiary/aromatic N) is 1. The van der Waals surface area contributed by atoms with E-state index in [1.165, 1.54) is 11.0 Å². The second-order valence-corrected chi connectivity index (χ2v) is 5.99. The average molecular weight is 383 g/mol. The van der Waals surface area contributed by atoms with E-state index in [2.05, 4.69) is 0 Å². The molecular weight excluding hydrogens is 358 g/mol. The van der Waals surface area contributed by atoms with E-state index in [1.807, 2.05) is 31.2 Å². The van der Waals surface area contributed by atoms with Crippen LogP contribution in [0, 0.1) is 0 Å². The van der Waals surface area contributed by atoms with E-state index in [-0.39, 0.29) is 12.5 Å². The molecule has 0 bridgehead atoms. The van der Waals surface area contributed by atoms with Crippen molar-refractivity contribution in [3.63, 3.8) is 0 Å². The van der Waals surface area contributed by atoms with Gasteiger partial charge in [-0.15, -0.1) is 0 Å². The molecule has 0 aliphatic heterocycles. The Morgan fingerprint density at radius 2 is 1.82 bits per heavy atom. The molecule has 0 fully saturated rings. The minimum atomic E-state index is -0.597. The zero-order valence-electron chi connectivity index (χ0n) is 16.4. The Balaban J connectivity index is 1.90. The van der Waals surface area contributed by atoms with Gasteiger partial charge >= 0.3 is 5.97 Å². The maximum Gasteiger partial charge on any atom is 0.331 e. The topological polar surface area (TPSA) is 65.1 Å². The molecule has 0 heterocycles. The van der Waals surface area contributed by atoms with Crippen LogP contribution in [0.4, 0.5) is 5.69 Å². The van der Waals surface area contributed by atoms with Crippen molar-refractivity contribution in [1.82, 2.24) is 0 Å². The summed E-state index contributed by atoms with van der Waals surface area (Å²) in [4.78, 5) is 25.5. The molecule has 0 aliphatic rings. The summed E-state index contributed by atoms with van der Waals surface area (Å²) in [6.45, 7) is 2.29. The van der Waals surface area contributed by atoms with Crippen molar-refractivity contribution in [3.8, 4) is 11.5 Å². The van der Waals surface area contributed by atoms with Crippen molar-refractivity contribution in [2.75, 3.05) is 32.3 Å². The SMILES string of the molecule is CCCOc1ccc(/C=C/C(=O)OCC(=O)N(C)c2ccccc2)cc1OC. The van der Waals surface area contributed by atoms with E-state index in [0.29, 0.717) is 18.1 Å². The number of ether oxygens (including phenoxy) is 3. The second-order valence-electron chi connectivity index (χ2n) is 5.99. The van der Waals surface area contributed by atoms with Crippen LogP contribution in [0.3, 0.4) is 0 Å². The summed E-state index contributed by atoms with van der Waals surface area (Å²) in [6, 6.07) is 14.5. The van der Waals surface area contributed by atoms with Gasteiger partial charge in [-0.25, -0.2) is 4.79 Å². The van der Waals surface area contributed by atoms with Gasteiger partial charge in [0.1, 0.15) is 0 Å². The van der Waals surface area contributed by atoms with Crippen LogP contribution >= 0.6 is 0 Å². The van der Waals surface area contributed by atoms with E-state index in [0.717, 1.165) is 17.7 Å². The molecule has 0 atom stereocenters. The van der Waals surface area contributed by atoms with Gasteiger partial charge in [-0.3, -0.25) is 4.79 Å². The zero-order valence-corrected chi connectivity index (χ0v) is 16.4. The highest BCUT2D eigenvalue weighted by atomic mass is 16.5. The molecule has 0 unspecified atom stereocenters. The van der Waals surface area contributed by atoms with Gasteiger partial charge in [0.2, 0.25) is 0 Å². The number of para-hydroxylation sites is 1. The maximum absolute atomic E-state index is 12.1. The number of carbonyl (C=O) groups excluding carboxylic acids is 2. The van der Waals surface area contributed by atoms with Crippen LogP contribution in [0.25, 0.3) is 6.08 Å². The first-order chi connectivity index (χ1) is 13.5. The van der Waals surface area contributed by atoms with Gasteiger partial charge < -0.3 is 19.1 Å². The minimum absolute atomic E-state index is 0.313. The Kier molecular flexibility index (Phi) is 8.09. The molecule has 2 rings (SSSR count). The normalized spacial score (nSPS) is 10.5. The van der Waals surface area contributed by atoms with Gasteiger partial charge in [0, 0.05) is 18.8 Å². The highest BCUT2D eigenvalue weighted by Gasteiger charge is 2.12. The Morgan fingerprint density at radius 1 is 1.07 bits per heavy atom. The molecule has 2 aromatic rings. The van der Waals surface area contributed by atoms with Gasteiger partial charge in [-0.2, -0.15) is 0 Å². The number of carbonyl (C=O) groups is 2. The van der Waals surface area contributed by atoms with Crippen LogP contribution in [-0.4, -0.2) is 39.2 Å². The highest BCUT2D eigenvalue weighted by molar-refractivity contribution is 5.96. The molecule has 0 saturated heterocycles. The van der Waals surface area contributed by atoms with E-state index < -0.39 is 5.97 Å². The van der Waals surface area contributed by atoms with Crippen LogP contribution < -0.4 is 14.4 Å². The first kappa shape index (κ1) is 21.0. The van der Waals surface area contributed by atoms with Crippen molar-refractivity contribution in [3.05, 3.63) is 60.2 Å². The summed E-state index contributed by atoms with van der Waals surface area (Å²) in [5.74, 6) is 0.328. The molecule has 2 aromatic carbocycles. The van der Waals surface area contributed by atoms with Crippen molar-refractivity contribution in [2.45, 2.75) is 13.3 Å². The smallest absolute Gasteiger partial charge is 0.331 e. The van der Waals surface area contributed by atoms with Gasteiger partial charge in [-0.05, 0) is 42.3 Å². The number of benzene rings is 2. The molecule has 0 aliphatic carbocycles. The predicted molar refractivity (Wildman–Crippen MR) is 109 cm³/mol. The van der Waals surface area contributed by atoms with Crippen molar-refractivity contribution in [1.29, 1.82) is 0 Å². The largest absolute Gasteiger partial charge is 0.493 e. The van der Waals surface area contributed by atoms with Crippen molar-refractivity contribution in [2.24, 2.45) is 0 Å². The lowest BCUT2D eigenvalue weighted by atomic mass is 10.2. The lowest BCUT2D eigenvalue weighted by molar-refractivity contribution is -0.142. The van der Waals surface area contributed by atoms with Gasteiger partial charge in [0.15, 0.2) is 18.1 Å². The van der Waals surface area contributed by atoms with Crippen LogP contribution in [0.1, 0.15) is 18.9 Å². The van der Waals surface area contributed by atoms with Crippen LogP contribution in [0.2, 0.25) is 0 Å². The molecule has 6 heteroatoms. The number of anilines is 1. The number of rotatable bonds is 9. The van der Waals surface area contributed by atoms with Crippen LogP contribution in [-0.2, 0) is 14.3 Å². The third-order valence-electron chi connectivity index (χ3n) is 3.92. The minimum Gasteiger partial charge on any atom is -0.493 e. The first-order valence-electron chi connectivity index (χ1n) is 9.02. The monoisotopic (exact) mass is 383 g/mol. The second kappa shape index (κ2) is 10.8. The van der Waals surface area contributed by atoms with E-state index >= 15 is 0 Å². The third kappa shape index (κ3) is 6.16. The summed E-state index contributed by atoms with van der Waals surface area (Å²) in [7, 11) is 3.19. The molecule has 0 radical (unpaired) electrons. The lowest BCUT2D eigenvalue weighted by Crippen LogP contribution is -2.30. The molecule has 0 saturated carbocycles. The van der Waals surface area contributed by atoms with Crippen molar-refractivity contribution < 1.29 is 23.8 Å². The molecule has 6 nitrogen and oxygen atoms in total. The number of amides is 1. The Morgan fingerprint density at radius 3 is 2.50 bits per heavy atom. The summed E-state index contributed by atoms with van der Waals surface area (Å²) in [6.07, 6.45) is 3.77. The summed E-state index contributed by atoms with van der Waals surface area (Å²) in [5, 5.41) is 0. The summed E-state index contributed by atoms with van der Waals surface area (Å²) < 4.78 is 15.9. The quantitative estimate of drug-likeness (QED) is 0.488. The van der Waals surface area contributed by atoms with Crippen LogP contribution in [0.15, 0.2) is 54.6 Å². The highest BCUT2D eigenvalue weighted by Crippen LogP contribution is 2.28. The first-order valence-corrected chi connectivity index (χ1v) is 9.02. The summed E-state index contributed by atoms with van der Waals surface area (Å²) in [5.41, 5.74) is 1.49. The van der Waals surface area contributed by atoms with Gasteiger partial charge in [0.05, 0.1) is 13.7 Å². The van der Waals surface area contributed by atoms with Gasteiger partial charge in [-0.1, -0.05) is 31.2 Å². The molecular formula is C22H25NO5. The van der Waals surface area contributed by atoms with E-state index in [4.69, 9.17) is 14.2 Å². The fourth-order valence-corrected chi connectivity index (χ4v) is 2.36. The summed E-state index contributed by atoms with van der Waals surface area (Å²) >= 11 is 0. The van der Waals surface area contributed by atoms with E-state index in [9.17, 15) is 9.59 Å². The Labute approximate surface area is 165 Å². The van der Waals surface area contributed by atoms with Crippen molar-refractivity contribution >= 4 is 23.6 Å². The Bertz CT molecular complexity index is 817. The number of likely N-dealkylation sites (N-methyl/N-ethyl adjacent to an activating group) is 1. The molecule has 0 aromatic heterocycles. The fraction of sp³-hybridized carbons (Fsp3) is 0.273. The third-order valence-corrected chi connectivity index (χ3v) is 3.92. The average Bonchev–Trinajstić information content (AvgIpc) is 2.74.